The lowest BCUT2D eigenvalue weighted by Gasteiger charge is -2.14. The predicted molar refractivity (Wildman–Crippen MR) is 52.5 cm³/mol. The molecule has 0 spiro atoms. The second-order valence-electron chi connectivity index (χ2n) is 3.44. The van der Waals surface area contributed by atoms with Crippen molar-refractivity contribution in [3.05, 3.63) is 17.5 Å². The van der Waals surface area contributed by atoms with Gasteiger partial charge in [0.25, 0.3) is 0 Å². The quantitative estimate of drug-likeness (QED) is 0.670. The minimum Gasteiger partial charge on any atom is -0.754 e. The molecule has 1 aliphatic heterocycles. The largest absolute Gasteiger partial charge is 0.754 e. The molecule has 0 fully saturated rings. The Bertz CT molecular complexity index is 421. The van der Waals surface area contributed by atoms with Crippen molar-refractivity contribution in [2.75, 3.05) is 6.61 Å². The van der Waals surface area contributed by atoms with Gasteiger partial charge in [-0.15, -0.1) is 0 Å². The van der Waals surface area contributed by atoms with Crippen LogP contribution in [0.2, 0.25) is 0 Å². The second-order valence-corrected chi connectivity index (χ2v) is 4.25. The summed E-state index contributed by atoms with van der Waals surface area (Å²) in [5, 5.41) is 12.5. The van der Waals surface area contributed by atoms with Crippen molar-refractivity contribution in [1.82, 2.24) is 14.1 Å². The number of hydrogen-bond donors (Lipinski definition) is 1. The van der Waals surface area contributed by atoms with Gasteiger partial charge in [-0.25, -0.2) is 0 Å². The van der Waals surface area contributed by atoms with Gasteiger partial charge in [0.1, 0.15) is 0 Å². The van der Waals surface area contributed by atoms with Crippen LogP contribution in [0.3, 0.4) is 0 Å². The number of carbonyl (C=O) groups excluding carboxylic acids is 1. The van der Waals surface area contributed by atoms with E-state index < -0.39 is 11.3 Å². The van der Waals surface area contributed by atoms with E-state index in [4.69, 9.17) is 5.11 Å². The molecule has 1 unspecified atom stereocenters. The van der Waals surface area contributed by atoms with Gasteiger partial charge in [0.05, 0.1) is 30.1 Å². The summed E-state index contributed by atoms with van der Waals surface area (Å²) in [5.74, 6) is -0.157. The van der Waals surface area contributed by atoms with Crippen molar-refractivity contribution in [1.29, 1.82) is 0 Å². The highest BCUT2D eigenvalue weighted by atomic mass is 32.2. The number of aliphatic hydroxyl groups is 1. The maximum atomic E-state index is 11.4. The average Bonchev–Trinajstić information content (AvgIpc) is 2.73. The summed E-state index contributed by atoms with van der Waals surface area (Å²) in [7, 11) is 0. The fourth-order valence-corrected chi connectivity index (χ4v) is 2.01. The van der Waals surface area contributed by atoms with E-state index in [1.54, 1.807) is 0 Å². The molecule has 0 aromatic carbocycles. The molecule has 0 radical (unpaired) electrons. The van der Waals surface area contributed by atoms with Crippen LogP contribution in [-0.2, 0) is 29.2 Å². The van der Waals surface area contributed by atoms with E-state index in [1.165, 1.54) is 11.1 Å². The van der Waals surface area contributed by atoms with Crippen molar-refractivity contribution in [3.63, 3.8) is 0 Å². The number of amides is 1. The Morgan fingerprint density at radius 1 is 1.62 bits per heavy atom. The lowest BCUT2D eigenvalue weighted by Crippen LogP contribution is -2.26. The summed E-state index contributed by atoms with van der Waals surface area (Å²) in [6, 6.07) is 0. The monoisotopic (exact) mass is 244 g/mol. The molecular weight excluding hydrogens is 234 g/mol. The zero-order valence-electron chi connectivity index (χ0n) is 8.33. The van der Waals surface area contributed by atoms with E-state index in [0.29, 0.717) is 18.8 Å². The molecule has 2 rings (SSSR count). The molecule has 1 amide bonds. The maximum Gasteiger partial charge on any atom is 0.225 e. The molecule has 1 aromatic heterocycles. The first-order valence-electron chi connectivity index (χ1n) is 4.67. The predicted octanol–water partition coefficient (Wildman–Crippen LogP) is -1.25. The first-order chi connectivity index (χ1) is 7.61. The third-order valence-electron chi connectivity index (χ3n) is 2.39. The molecule has 16 heavy (non-hydrogen) atoms. The molecule has 0 bridgehead atoms. The maximum absolute atomic E-state index is 11.4. The average molecular weight is 244 g/mol. The Hall–Kier alpha value is -1.25. The first-order valence-corrected chi connectivity index (χ1v) is 5.71. The van der Waals surface area contributed by atoms with Crippen molar-refractivity contribution in [3.8, 4) is 0 Å². The Balaban J connectivity index is 2.08. The standard InChI is InChI=1S/C8H11N3O4S/c12-2-1-8(13)10-3-6-4-11(16(14)15)9-7(6)5-10/h4,12H,1-3,5H2,(H,14,15)/p-1. The number of aromatic nitrogens is 2. The molecule has 1 aromatic rings. The van der Waals surface area contributed by atoms with Gasteiger partial charge >= 0.3 is 0 Å². The smallest absolute Gasteiger partial charge is 0.225 e. The van der Waals surface area contributed by atoms with E-state index in [1.807, 2.05) is 0 Å². The van der Waals surface area contributed by atoms with E-state index in [0.717, 1.165) is 9.65 Å². The van der Waals surface area contributed by atoms with Gasteiger partial charge in [0.2, 0.25) is 5.91 Å². The fourth-order valence-electron chi connectivity index (χ4n) is 1.63. The summed E-state index contributed by atoms with van der Waals surface area (Å²) in [5.41, 5.74) is 1.32. The number of carbonyl (C=O) groups is 1. The number of hydrogen-bond acceptors (Lipinski definition) is 5. The normalized spacial score (nSPS) is 16.2. The van der Waals surface area contributed by atoms with Crippen molar-refractivity contribution in [2.24, 2.45) is 0 Å². The highest BCUT2D eigenvalue weighted by molar-refractivity contribution is 7.77. The van der Waals surface area contributed by atoms with Crippen LogP contribution >= 0.6 is 0 Å². The lowest BCUT2D eigenvalue weighted by molar-refractivity contribution is -0.132. The van der Waals surface area contributed by atoms with Crippen LogP contribution in [0, 0.1) is 0 Å². The zero-order chi connectivity index (χ0) is 11.7. The van der Waals surface area contributed by atoms with Crippen molar-refractivity contribution < 1.29 is 18.7 Å². The molecule has 1 atom stereocenters. The lowest BCUT2D eigenvalue weighted by atomic mass is 10.3. The summed E-state index contributed by atoms with van der Waals surface area (Å²) >= 11 is -2.40. The molecular formula is C8H10N3O4S-. The molecule has 2 heterocycles. The molecule has 0 saturated carbocycles. The van der Waals surface area contributed by atoms with Crippen molar-refractivity contribution in [2.45, 2.75) is 19.5 Å². The molecule has 1 aliphatic rings. The topological polar surface area (TPSA) is 98.5 Å². The van der Waals surface area contributed by atoms with Gasteiger partial charge in [-0.05, 0) is 0 Å². The fraction of sp³-hybridized carbons (Fsp3) is 0.500. The highest BCUT2D eigenvalue weighted by Gasteiger charge is 2.25. The second kappa shape index (κ2) is 4.32. The number of aliphatic hydroxyl groups excluding tert-OH is 1. The van der Waals surface area contributed by atoms with E-state index >= 15 is 0 Å². The SMILES string of the molecule is O=C(CCO)N1Cc2cn(S(=O)[O-])nc2C1. The van der Waals surface area contributed by atoms with Crippen LogP contribution in [0.25, 0.3) is 0 Å². The Morgan fingerprint density at radius 2 is 2.38 bits per heavy atom. The summed E-state index contributed by atoms with van der Waals surface area (Å²) < 4.78 is 22.1. The number of rotatable bonds is 3. The molecule has 7 nitrogen and oxygen atoms in total. The number of nitrogens with zero attached hydrogens (tertiary/aromatic N) is 3. The highest BCUT2D eigenvalue weighted by Crippen LogP contribution is 2.21. The Kier molecular flexibility index (Phi) is 3.03. The van der Waals surface area contributed by atoms with Gasteiger partial charge in [0, 0.05) is 24.7 Å². The summed E-state index contributed by atoms with van der Waals surface area (Å²) in [4.78, 5) is 13.0. The van der Waals surface area contributed by atoms with Crippen LogP contribution in [0.1, 0.15) is 17.7 Å². The van der Waals surface area contributed by atoms with Crippen LogP contribution in [-0.4, -0.2) is 40.5 Å². The number of fused-ring (bicyclic) bond motifs is 1. The van der Waals surface area contributed by atoms with Gasteiger partial charge in [0.15, 0.2) is 0 Å². The molecule has 8 heteroatoms. The van der Waals surface area contributed by atoms with Crippen LogP contribution in [0.15, 0.2) is 6.20 Å². The third kappa shape index (κ3) is 1.99. The molecule has 88 valence electrons. The summed E-state index contributed by atoms with van der Waals surface area (Å²) in [6.45, 7) is 0.474. The first kappa shape index (κ1) is 11.2. The van der Waals surface area contributed by atoms with Crippen LogP contribution in [0.4, 0.5) is 0 Å². The summed E-state index contributed by atoms with van der Waals surface area (Å²) in [6.07, 6.45) is 1.47. The van der Waals surface area contributed by atoms with Gasteiger partial charge < -0.3 is 14.6 Å². The van der Waals surface area contributed by atoms with Gasteiger partial charge in [-0.3, -0.25) is 9.00 Å². The molecule has 1 N–H and O–H groups in total. The molecule has 0 aliphatic carbocycles. The minimum atomic E-state index is -2.40. The van der Waals surface area contributed by atoms with Crippen molar-refractivity contribution >= 4 is 17.2 Å². The van der Waals surface area contributed by atoms with Crippen LogP contribution in [0.5, 0.6) is 0 Å². The van der Waals surface area contributed by atoms with E-state index in [2.05, 4.69) is 5.10 Å². The third-order valence-corrected chi connectivity index (χ3v) is 2.88. The Morgan fingerprint density at radius 3 is 2.94 bits per heavy atom. The zero-order valence-corrected chi connectivity index (χ0v) is 9.14. The van der Waals surface area contributed by atoms with Gasteiger partial charge in [-0.2, -0.15) is 9.19 Å². The van der Waals surface area contributed by atoms with E-state index in [-0.39, 0.29) is 18.9 Å². The van der Waals surface area contributed by atoms with E-state index in [9.17, 15) is 13.6 Å². The minimum absolute atomic E-state index is 0.0811. The van der Waals surface area contributed by atoms with Gasteiger partial charge in [-0.1, -0.05) is 0 Å². The Labute approximate surface area is 94.1 Å². The molecule has 0 saturated heterocycles. The van der Waals surface area contributed by atoms with Crippen LogP contribution < -0.4 is 0 Å².